The van der Waals surface area contributed by atoms with Crippen LogP contribution in [0, 0.1) is 13.8 Å². The number of hydrogen-bond acceptors (Lipinski definition) is 4. The normalized spacial score (nSPS) is 17.2. The fourth-order valence-corrected chi connectivity index (χ4v) is 3.15. The Morgan fingerprint density at radius 3 is 2.85 bits per heavy atom. The topological polar surface area (TPSA) is 51.7 Å². The molecule has 1 atom stereocenters. The zero-order valence-electron chi connectivity index (χ0n) is 14.7. The Balaban J connectivity index is 1.61. The second-order valence-electron chi connectivity index (χ2n) is 6.26. The Kier molecular flexibility index (Phi) is 6.01. The van der Waals surface area contributed by atoms with E-state index < -0.39 is 0 Å². The van der Waals surface area contributed by atoms with Crippen LogP contribution in [0.25, 0.3) is 0 Å². The number of halogens is 2. The Hall–Kier alpha value is -1.82. The molecule has 2 aromatic rings. The highest BCUT2D eigenvalue weighted by molar-refractivity contribution is 6.32. The van der Waals surface area contributed by atoms with E-state index in [4.69, 9.17) is 32.7 Å². The van der Waals surface area contributed by atoms with Gasteiger partial charge < -0.3 is 14.4 Å². The minimum absolute atomic E-state index is 0.141. The van der Waals surface area contributed by atoms with E-state index in [1.165, 1.54) is 0 Å². The lowest BCUT2D eigenvalue weighted by molar-refractivity contribution is -0.0401. The highest BCUT2D eigenvalue weighted by Crippen LogP contribution is 2.22. The maximum atomic E-state index is 12.7. The van der Waals surface area contributed by atoms with Gasteiger partial charge in [-0.1, -0.05) is 23.2 Å². The van der Waals surface area contributed by atoms with Gasteiger partial charge in [-0.2, -0.15) is 0 Å². The zero-order valence-corrected chi connectivity index (χ0v) is 16.2. The fourth-order valence-electron chi connectivity index (χ4n) is 2.76. The minimum atomic E-state index is -0.208. The zero-order chi connectivity index (χ0) is 18.7. The summed E-state index contributed by atoms with van der Waals surface area (Å²) >= 11 is 12.1. The van der Waals surface area contributed by atoms with Gasteiger partial charge in [-0.3, -0.25) is 4.79 Å². The van der Waals surface area contributed by atoms with Crippen molar-refractivity contribution in [2.45, 2.75) is 20.0 Å². The first-order valence-corrected chi connectivity index (χ1v) is 9.12. The summed E-state index contributed by atoms with van der Waals surface area (Å²) in [5, 5.41) is 0.928. The maximum Gasteiger partial charge on any atom is 0.257 e. The number of carbonyl (C=O) groups excluding carboxylic acids is 1. The molecule has 7 heteroatoms. The van der Waals surface area contributed by atoms with Crippen molar-refractivity contribution in [3.8, 4) is 5.75 Å². The van der Waals surface area contributed by atoms with Crippen molar-refractivity contribution in [1.29, 1.82) is 0 Å². The number of aromatic nitrogens is 1. The van der Waals surface area contributed by atoms with Crippen molar-refractivity contribution < 1.29 is 14.3 Å². The molecule has 3 rings (SSSR count). The van der Waals surface area contributed by atoms with Crippen molar-refractivity contribution in [3.63, 3.8) is 0 Å². The minimum Gasteiger partial charge on any atom is -0.491 e. The number of nitrogens with zero attached hydrogens (tertiary/aromatic N) is 2. The molecule has 0 spiro atoms. The molecule has 1 aromatic carbocycles. The predicted octanol–water partition coefficient (Wildman–Crippen LogP) is 3.93. The van der Waals surface area contributed by atoms with Gasteiger partial charge >= 0.3 is 0 Å². The van der Waals surface area contributed by atoms with Crippen LogP contribution in [0.15, 0.2) is 30.3 Å². The maximum absolute atomic E-state index is 12.7. The lowest BCUT2D eigenvalue weighted by Gasteiger charge is -2.33. The molecule has 1 unspecified atom stereocenters. The van der Waals surface area contributed by atoms with E-state index in [1.54, 1.807) is 23.1 Å². The highest BCUT2D eigenvalue weighted by atomic mass is 35.5. The first-order valence-electron chi connectivity index (χ1n) is 8.37. The summed E-state index contributed by atoms with van der Waals surface area (Å²) in [5.74, 6) is 0.586. The van der Waals surface area contributed by atoms with E-state index in [-0.39, 0.29) is 17.2 Å². The number of hydrogen-bond donors (Lipinski definition) is 0. The summed E-state index contributed by atoms with van der Waals surface area (Å²) in [6.45, 7) is 5.52. The fraction of sp³-hybridized carbons (Fsp3) is 0.368. The summed E-state index contributed by atoms with van der Waals surface area (Å²) in [5.41, 5.74) is 2.14. The third kappa shape index (κ3) is 4.47. The van der Waals surface area contributed by atoms with Crippen LogP contribution in [0.4, 0.5) is 0 Å². The quantitative estimate of drug-likeness (QED) is 0.737. The standard InChI is InChI=1S/C19H20Cl2N2O3/c1-12-9-14(4-6-17(12)20)26-11-15-10-23(7-8-25-15)19(24)16-5-3-13(2)22-18(16)21/h3-6,9,15H,7-8,10-11H2,1-2H3. The van der Waals surface area contributed by atoms with Gasteiger partial charge in [-0.25, -0.2) is 4.98 Å². The number of morpholine rings is 1. The molecule has 26 heavy (non-hydrogen) atoms. The molecule has 5 nitrogen and oxygen atoms in total. The van der Waals surface area contributed by atoms with Crippen LogP contribution in [0.3, 0.4) is 0 Å². The van der Waals surface area contributed by atoms with Gasteiger partial charge in [0.2, 0.25) is 0 Å². The molecule has 0 bridgehead atoms. The molecular weight excluding hydrogens is 375 g/mol. The van der Waals surface area contributed by atoms with Crippen molar-refractivity contribution in [1.82, 2.24) is 9.88 Å². The molecular formula is C19H20Cl2N2O3. The van der Waals surface area contributed by atoms with Crippen molar-refractivity contribution >= 4 is 29.1 Å². The molecule has 138 valence electrons. The Morgan fingerprint density at radius 2 is 2.12 bits per heavy atom. The molecule has 0 N–H and O–H groups in total. The lowest BCUT2D eigenvalue weighted by Crippen LogP contribution is -2.47. The van der Waals surface area contributed by atoms with Crippen LogP contribution < -0.4 is 4.74 Å². The van der Waals surface area contributed by atoms with E-state index >= 15 is 0 Å². The molecule has 1 amide bonds. The largest absolute Gasteiger partial charge is 0.491 e. The average Bonchev–Trinajstić information content (AvgIpc) is 2.62. The van der Waals surface area contributed by atoms with Gasteiger partial charge in [0.05, 0.1) is 18.7 Å². The van der Waals surface area contributed by atoms with Gasteiger partial charge in [0.15, 0.2) is 0 Å². The Morgan fingerprint density at radius 1 is 1.31 bits per heavy atom. The van der Waals surface area contributed by atoms with Gasteiger partial charge in [0.1, 0.15) is 23.6 Å². The number of pyridine rings is 1. The monoisotopic (exact) mass is 394 g/mol. The van der Waals surface area contributed by atoms with E-state index in [0.717, 1.165) is 17.0 Å². The van der Waals surface area contributed by atoms with Crippen LogP contribution in [0.1, 0.15) is 21.6 Å². The summed E-state index contributed by atoms with van der Waals surface area (Å²) < 4.78 is 11.5. The molecule has 1 fully saturated rings. The molecule has 0 aliphatic carbocycles. The second-order valence-corrected chi connectivity index (χ2v) is 7.02. The molecule has 1 aliphatic heterocycles. The van der Waals surface area contributed by atoms with Crippen LogP contribution in [0.2, 0.25) is 10.2 Å². The molecule has 0 radical (unpaired) electrons. The molecule has 1 saturated heterocycles. The number of benzene rings is 1. The van der Waals surface area contributed by atoms with Gasteiger partial charge in [0.25, 0.3) is 5.91 Å². The molecule has 1 aliphatic rings. The first-order chi connectivity index (χ1) is 12.4. The third-order valence-electron chi connectivity index (χ3n) is 4.21. The molecule has 0 saturated carbocycles. The van der Waals surface area contributed by atoms with Crippen LogP contribution in [-0.2, 0) is 4.74 Å². The van der Waals surface area contributed by atoms with Gasteiger partial charge in [-0.05, 0) is 49.7 Å². The smallest absolute Gasteiger partial charge is 0.257 e. The van der Waals surface area contributed by atoms with Crippen LogP contribution in [0.5, 0.6) is 5.75 Å². The highest BCUT2D eigenvalue weighted by Gasteiger charge is 2.27. The summed E-state index contributed by atoms with van der Waals surface area (Å²) in [6.07, 6.45) is -0.208. The van der Waals surface area contributed by atoms with Gasteiger partial charge in [-0.15, -0.1) is 0 Å². The van der Waals surface area contributed by atoms with Crippen molar-refractivity contribution in [2.24, 2.45) is 0 Å². The second kappa shape index (κ2) is 8.25. The SMILES string of the molecule is Cc1ccc(C(=O)N2CCOC(COc3ccc(Cl)c(C)c3)C2)c(Cl)n1. The third-order valence-corrected chi connectivity index (χ3v) is 4.92. The number of rotatable bonds is 4. The van der Waals surface area contributed by atoms with Crippen LogP contribution in [-0.4, -0.2) is 48.2 Å². The molecule has 2 heterocycles. The van der Waals surface area contributed by atoms with Crippen LogP contribution >= 0.6 is 23.2 Å². The summed E-state index contributed by atoms with van der Waals surface area (Å²) in [6, 6.07) is 8.99. The van der Waals surface area contributed by atoms with E-state index in [1.807, 2.05) is 26.0 Å². The first kappa shape index (κ1) is 19.0. The lowest BCUT2D eigenvalue weighted by atomic mass is 10.2. The number of amides is 1. The summed E-state index contributed by atoms with van der Waals surface area (Å²) in [7, 11) is 0. The van der Waals surface area contributed by atoms with E-state index in [0.29, 0.717) is 36.9 Å². The van der Waals surface area contributed by atoms with E-state index in [9.17, 15) is 4.79 Å². The number of carbonyl (C=O) groups is 1. The average molecular weight is 395 g/mol. The van der Waals surface area contributed by atoms with E-state index in [2.05, 4.69) is 4.98 Å². The van der Waals surface area contributed by atoms with Crippen molar-refractivity contribution in [3.05, 3.63) is 57.3 Å². The number of aryl methyl sites for hydroxylation is 2. The van der Waals surface area contributed by atoms with Crippen molar-refractivity contribution in [2.75, 3.05) is 26.3 Å². The Labute approximate surface area is 162 Å². The Bertz CT molecular complexity index is 813. The predicted molar refractivity (Wildman–Crippen MR) is 101 cm³/mol. The molecule has 1 aromatic heterocycles. The summed E-state index contributed by atoms with van der Waals surface area (Å²) in [4.78, 5) is 18.6. The van der Waals surface area contributed by atoms with Gasteiger partial charge in [0, 0.05) is 17.3 Å². The number of ether oxygens (including phenoxy) is 2.